The fraction of sp³-hybridized carbons (Fsp3) is 0.350. The number of benzene rings is 2. The zero-order valence-corrected chi connectivity index (χ0v) is 15.8. The van der Waals surface area contributed by atoms with Gasteiger partial charge in [-0.3, -0.25) is 0 Å². The van der Waals surface area contributed by atoms with Gasteiger partial charge in [0.05, 0.1) is 20.8 Å². The quantitative estimate of drug-likeness (QED) is 0.589. The predicted molar refractivity (Wildman–Crippen MR) is 104 cm³/mol. The van der Waals surface area contributed by atoms with Crippen LogP contribution >= 0.6 is 0 Å². The van der Waals surface area contributed by atoms with Gasteiger partial charge in [0, 0.05) is 31.3 Å². The van der Waals surface area contributed by atoms with Crippen LogP contribution in [-0.4, -0.2) is 43.8 Å². The van der Waals surface area contributed by atoms with Crippen molar-refractivity contribution in [3.8, 4) is 17.2 Å². The van der Waals surface area contributed by atoms with E-state index in [4.69, 9.17) is 9.47 Å². The first-order chi connectivity index (χ1) is 12.6. The van der Waals surface area contributed by atoms with Crippen LogP contribution in [0.1, 0.15) is 18.1 Å². The van der Waals surface area contributed by atoms with Crippen LogP contribution in [0.5, 0.6) is 17.2 Å². The van der Waals surface area contributed by atoms with Crippen molar-refractivity contribution >= 4 is 5.96 Å². The highest BCUT2D eigenvalue weighted by Crippen LogP contribution is 2.24. The molecule has 0 heterocycles. The Labute approximate surface area is 155 Å². The van der Waals surface area contributed by atoms with Gasteiger partial charge in [-0.05, 0) is 31.2 Å². The van der Waals surface area contributed by atoms with Gasteiger partial charge in [-0.1, -0.05) is 18.2 Å². The highest BCUT2D eigenvalue weighted by Gasteiger charge is 2.10. The molecule has 2 rings (SSSR count). The van der Waals surface area contributed by atoms with Crippen molar-refractivity contribution in [1.29, 1.82) is 0 Å². The molecule has 0 bridgehead atoms. The molecule has 0 aromatic heterocycles. The number of para-hydroxylation sites is 1. The van der Waals surface area contributed by atoms with Crippen molar-refractivity contribution in [1.82, 2.24) is 10.2 Å². The molecule has 6 heteroatoms. The number of ether oxygens (including phenoxy) is 2. The lowest BCUT2D eigenvalue weighted by atomic mass is 10.2. The largest absolute Gasteiger partial charge is 0.508 e. The van der Waals surface area contributed by atoms with Gasteiger partial charge in [-0.2, -0.15) is 0 Å². The molecule has 0 saturated carbocycles. The molecular weight excluding hydrogens is 330 g/mol. The van der Waals surface area contributed by atoms with Crippen molar-refractivity contribution < 1.29 is 14.6 Å². The molecule has 0 atom stereocenters. The molecule has 26 heavy (non-hydrogen) atoms. The summed E-state index contributed by atoms with van der Waals surface area (Å²) in [4.78, 5) is 6.67. The molecular formula is C20H27N3O3. The van der Waals surface area contributed by atoms with E-state index in [2.05, 4.69) is 10.3 Å². The Morgan fingerprint density at radius 3 is 2.58 bits per heavy atom. The van der Waals surface area contributed by atoms with Crippen LogP contribution in [0.15, 0.2) is 47.5 Å². The summed E-state index contributed by atoms with van der Waals surface area (Å²) in [5.74, 6) is 2.50. The summed E-state index contributed by atoms with van der Waals surface area (Å²) in [7, 11) is 5.24. The van der Waals surface area contributed by atoms with E-state index in [1.54, 1.807) is 32.4 Å². The third-order valence-corrected chi connectivity index (χ3v) is 3.98. The summed E-state index contributed by atoms with van der Waals surface area (Å²) in [6.07, 6.45) is 0. The first-order valence-corrected chi connectivity index (χ1v) is 8.56. The van der Waals surface area contributed by atoms with Gasteiger partial charge >= 0.3 is 0 Å². The molecule has 2 N–H and O–H groups in total. The lowest BCUT2D eigenvalue weighted by Gasteiger charge is -2.23. The van der Waals surface area contributed by atoms with Crippen LogP contribution in [-0.2, 0) is 13.1 Å². The number of phenols is 1. The van der Waals surface area contributed by atoms with Crippen LogP contribution in [0.3, 0.4) is 0 Å². The monoisotopic (exact) mass is 357 g/mol. The first kappa shape index (κ1) is 19.4. The van der Waals surface area contributed by atoms with Crippen LogP contribution in [0.25, 0.3) is 0 Å². The number of methoxy groups -OCH3 is 2. The van der Waals surface area contributed by atoms with E-state index in [1.165, 1.54) is 0 Å². The van der Waals surface area contributed by atoms with E-state index >= 15 is 0 Å². The van der Waals surface area contributed by atoms with E-state index in [1.807, 2.05) is 43.1 Å². The van der Waals surface area contributed by atoms with Crippen molar-refractivity contribution in [2.24, 2.45) is 4.99 Å². The average Bonchev–Trinajstić information content (AvgIpc) is 2.66. The van der Waals surface area contributed by atoms with E-state index in [0.29, 0.717) is 24.4 Å². The summed E-state index contributed by atoms with van der Waals surface area (Å²) >= 11 is 0. The number of rotatable bonds is 7. The maximum absolute atomic E-state index is 10.0. The second kappa shape index (κ2) is 9.56. The minimum absolute atomic E-state index is 0.206. The number of hydrogen-bond donors (Lipinski definition) is 2. The minimum atomic E-state index is 0.206. The molecule has 140 valence electrons. The Balaban J connectivity index is 2.17. The molecule has 0 saturated heterocycles. The molecule has 2 aromatic rings. The Morgan fingerprint density at radius 2 is 1.88 bits per heavy atom. The number of nitrogens with zero attached hydrogens (tertiary/aromatic N) is 2. The van der Waals surface area contributed by atoms with Crippen LogP contribution < -0.4 is 14.8 Å². The molecule has 0 fully saturated rings. The van der Waals surface area contributed by atoms with E-state index in [0.717, 1.165) is 23.8 Å². The number of hydrogen-bond acceptors (Lipinski definition) is 4. The van der Waals surface area contributed by atoms with Gasteiger partial charge in [-0.15, -0.1) is 0 Å². The molecule has 0 aliphatic carbocycles. The summed E-state index contributed by atoms with van der Waals surface area (Å²) in [5, 5.41) is 13.3. The number of nitrogens with one attached hydrogen (secondary N) is 1. The lowest BCUT2D eigenvalue weighted by Crippen LogP contribution is -2.38. The summed E-state index contributed by atoms with van der Waals surface area (Å²) in [6.45, 7) is 3.77. The third-order valence-electron chi connectivity index (χ3n) is 3.98. The second-order valence-electron chi connectivity index (χ2n) is 5.83. The van der Waals surface area contributed by atoms with Crippen LogP contribution in [0.4, 0.5) is 0 Å². The van der Waals surface area contributed by atoms with Crippen LogP contribution in [0, 0.1) is 0 Å². The summed E-state index contributed by atoms with van der Waals surface area (Å²) in [6, 6.07) is 13.1. The maximum atomic E-state index is 10.0. The SMILES string of the molecule is CCNC(=NCc1cc(OC)ccc1O)N(C)Cc1ccccc1OC. The summed E-state index contributed by atoms with van der Waals surface area (Å²) < 4.78 is 10.6. The zero-order valence-electron chi connectivity index (χ0n) is 15.8. The van der Waals surface area contributed by atoms with Crippen molar-refractivity contribution in [2.75, 3.05) is 27.8 Å². The highest BCUT2D eigenvalue weighted by atomic mass is 16.5. The van der Waals surface area contributed by atoms with Crippen molar-refractivity contribution in [3.63, 3.8) is 0 Å². The van der Waals surface area contributed by atoms with Gasteiger partial charge < -0.3 is 24.8 Å². The Morgan fingerprint density at radius 1 is 1.12 bits per heavy atom. The fourth-order valence-corrected chi connectivity index (χ4v) is 2.61. The molecule has 0 spiro atoms. The van der Waals surface area contributed by atoms with Gasteiger partial charge in [0.15, 0.2) is 5.96 Å². The molecule has 6 nitrogen and oxygen atoms in total. The van der Waals surface area contributed by atoms with E-state index < -0.39 is 0 Å². The third kappa shape index (κ3) is 5.05. The highest BCUT2D eigenvalue weighted by molar-refractivity contribution is 5.79. The molecule has 0 aliphatic heterocycles. The topological polar surface area (TPSA) is 66.3 Å². The number of guanidine groups is 1. The minimum Gasteiger partial charge on any atom is -0.508 e. The van der Waals surface area contributed by atoms with Gasteiger partial charge in [0.25, 0.3) is 0 Å². The Kier molecular flexibility index (Phi) is 7.14. The first-order valence-electron chi connectivity index (χ1n) is 8.56. The van der Waals surface area contributed by atoms with Gasteiger partial charge in [-0.25, -0.2) is 4.99 Å². The van der Waals surface area contributed by atoms with Gasteiger partial charge in [0.1, 0.15) is 17.2 Å². The number of phenolic OH excluding ortho intramolecular Hbond substituents is 1. The molecule has 2 aromatic carbocycles. The molecule has 0 aliphatic rings. The second-order valence-corrected chi connectivity index (χ2v) is 5.83. The normalized spacial score (nSPS) is 11.2. The van der Waals surface area contributed by atoms with Crippen LogP contribution in [0.2, 0.25) is 0 Å². The Bertz CT molecular complexity index is 747. The summed E-state index contributed by atoms with van der Waals surface area (Å²) in [5.41, 5.74) is 1.79. The zero-order chi connectivity index (χ0) is 18.9. The predicted octanol–water partition coefficient (Wildman–Crippen LogP) is 3.01. The van der Waals surface area contributed by atoms with Crippen molar-refractivity contribution in [3.05, 3.63) is 53.6 Å². The number of aliphatic imine (C=N–C) groups is 1. The maximum Gasteiger partial charge on any atom is 0.194 e. The Hall–Kier alpha value is -2.89. The van der Waals surface area contributed by atoms with Crippen molar-refractivity contribution in [2.45, 2.75) is 20.0 Å². The number of aromatic hydroxyl groups is 1. The lowest BCUT2D eigenvalue weighted by molar-refractivity contribution is 0.396. The molecule has 0 radical (unpaired) electrons. The molecule has 0 amide bonds. The van der Waals surface area contributed by atoms with E-state index in [-0.39, 0.29) is 5.75 Å². The van der Waals surface area contributed by atoms with E-state index in [9.17, 15) is 5.11 Å². The average molecular weight is 357 g/mol. The fourth-order valence-electron chi connectivity index (χ4n) is 2.61. The van der Waals surface area contributed by atoms with Gasteiger partial charge in [0.2, 0.25) is 0 Å². The standard InChI is InChI=1S/C20H27N3O3/c1-5-21-20(22-13-16-12-17(25-3)10-11-18(16)24)23(2)14-15-8-6-7-9-19(15)26-4/h6-12,24H,5,13-14H2,1-4H3,(H,21,22). The smallest absolute Gasteiger partial charge is 0.194 e. The molecule has 0 unspecified atom stereocenters.